The fourth-order valence-corrected chi connectivity index (χ4v) is 2.72. The van der Waals surface area contributed by atoms with Crippen LogP contribution in [-0.2, 0) is 0 Å². The third-order valence-corrected chi connectivity index (χ3v) is 3.57. The van der Waals surface area contributed by atoms with E-state index in [9.17, 15) is 0 Å². The number of alkyl halides is 1. The van der Waals surface area contributed by atoms with Crippen LogP contribution in [0.4, 0.5) is 0 Å². The quantitative estimate of drug-likeness (QED) is 0.454. The summed E-state index contributed by atoms with van der Waals surface area (Å²) in [5.41, 5.74) is 1.06. The third kappa shape index (κ3) is 2.64. The van der Waals surface area contributed by atoms with Crippen LogP contribution < -0.4 is 0 Å². The molecule has 1 aromatic heterocycles. The number of pyridine rings is 1. The highest BCUT2D eigenvalue weighted by Crippen LogP contribution is 2.26. The average molecular weight is 238 g/mol. The average Bonchev–Trinajstić information content (AvgIpc) is 2.30. The highest BCUT2D eigenvalue weighted by molar-refractivity contribution is 7.99. The summed E-state index contributed by atoms with van der Waals surface area (Å²) >= 11 is 7.51. The summed E-state index contributed by atoms with van der Waals surface area (Å²) in [7, 11) is 0. The topological polar surface area (TPSA) is 12.9 Å². The molecule has 0 amide bonds. The molecule has 15 heavy (non-hydrogen) atoms. The van der Waals surface area contributed by atoms with Gasteiger partial charge in [-0.2, -0.15) is 0 Å². The fraction of sp³-hybridized carbons (Fsp3) is 0.250. The van der Waals surface area contributed by atoms with Crippen LogP contribution in [0.2, 0.25) is 0 Å². The van der Waals surface area contributed by atoms with Gasteiger partial charge in [-0.05, 0) is 24.3 Å². The molecule has 0 radical (unpaired) electrons. The lowest BCUT2D eigenvalue weighted by Crippen LogP contribution is -1.84. The summed E-state index contributed by atoms with van der Waals surface area (Å²) in [6.07, 6.45) is 2.91. The Labute approximate surface area is 98.9 Å². The number of aromatic nitrogens is 1. The van der Waals surface area contributed by atoms with Gasteiger partial charge in [0.2, 0.25) is 0 Å². The minimum atomic E-state index is 0.732. The predicted molar refractivity (Wildman–Crippen MR) is 67.8 cm³/mol. The minimum absolute atomic E-state index is 0.732. The Balaban J connectivity index is 2.26. The first-order valence-corrected chi connectivity index (χ1v) is 6.46. The van der Waals surface area contributed by atoms with Gasteiger partial charge in [0.25, 0.3) is 0 Å². The van der Waals surface area contributed by atoms with E-state index < -0.39 is 0 Å². The molecule has 0 bridgehead atoms. The van der Waals surface area contributed by atoms with E-state index in [0.717, 1.165) is 23.6 Å². The van der Waals surface area contributed by atoms with Gasteiger partial charge in [0.1, 0.15) is 0 Å². The maximum Gasteiger partial charge on any atom is 0.0713 e. The van der Waals surface area contributed by atoms with Crippen molar-refractivity contribution in [2.45, 2.75) is 11.3 Å². The number of fused-ring (bicyclic) bond motifs is 1. The van der Waals surface area contributed by atoms with Crippen molar-refractivity contribution in [2.24, 2.45) is 0 Å². The number of rotatable bonds is 4. The number of thioether (sulfide) groups is 1. The molecule has 0 saturated carbocycles. The first-order valence-electron chi connectivity index (χ1n) is 4.94. The van der Waals surface area contributed by atoms with Gasteiger partial charge >= 0.3 is 0 Å². The van der Waals surface area contributed by atoms with Crippen LogP contribution in [0.25, 0.3) is 10.9 Å². The van der Waals surface area contributed by atoms with Crippen molar-refractivity contribution >= 4 is 34.3 Å². The lowest BCUT2D eigenvalue weighted by atomic mass is 10.2. The first-order chi connectivity index (χ1) is 7.42. The van der Waals surface area contributed by atoms with Gasteiger partial charge in [-0.1, -0.05) is 18.2 Å². The monoisotopic (exact) mass is 237 g/mol. The lowest BCUT2D eigenvalue weighted by Gasteiger charge is -2.04. The van der Waals surface area contributed by atoms with E-state index in [2.05, 4.69) is 23.2 Å². The summed E-state index contributed by atoms with van der Waals surface area (Å²) in [5.74, 6) is 1.80. The van der Waals surface area contributed by atoms with Gasteiger partial charge in [0, 0.05) is 22.4 Å². The number of hydrogen-bond acceptors (Lipinski definition) is 2. The van der Waals surface area contributed by atoms with Crippen LogP contribution in [0.5, 0.6) is 0 Å². The molecule has 0 aliphatic carbocycles. The van der Waals surface area contributed by atoms with Crippen molar-refractivity contribution in [3.8, 4) is 0 Å². The van der Waals surface area contributed by atoms with Crippen molar-refractivity contribution < 1.29 is 0 Å². The second kappa shape index (κ2) is 5.38. The molecule has 0 unspecified atom stereocenters. The standard InChI is InChI=1S/C12H12ClNS/c13-7-3-9-15-12-6-8-14-11-5-2-1-4-10(11)12/h1-2,4-6,8H,3,7,9H2. The number of para-hydroxylation sites is 1. The maximum absolute atomic E-state index is 5.66. The molecule has 2 aromatic rings. The zero-order valence-corrected chi connectivity index (χ0v) is 9.89. The molecule has 3 heteroatoms. The van der Waals surface area contributed by atoms with E-state index in [1.54, 1.807) is 0 Å². The molecule has 1 heterocycles. The molecule has 0 N–H and O–H groups in total. The first kappa shape index (κ1) is 10.8. The molecule has 0 saturated heterocycles. The number of nitrogens with zero attached hydrogens (tertiary/aromatic N) is 1. The van der Waals surface area contributed by atoms with Crippen LogP contribution in [0.1, 0.15) is 6.42 Å². The highest BCUT2D eigenvalue weighted by atomic mass is 35.5. The van der Waals surface area contributed by atoms with Crippen molar-refractivity contribution in [3.63, 3.8) is 0 Å². The van der Waals surface area contributed by atoms with Gasteiger partial charge in [0.15, 0.2) is 0 Å². The van der Waals surface area contributed by atoms with Crippen molar-refractivity contribution in [3.05, 3.63) is 36.5 Å². The normalized spacial score (nSPS) is 10.7. The van der Waals surface area contributed by atoms with Crippen LogP contribution in [-0.4, -0.2) is 16.6 Å². The number of benzene rings is 1. The van der Waals surface area contributed by atoms with Gasteiger partial charge in [-0.25, -0.2) is 0 Å². The molecule has 0 fully saturated rings. The molecule has 0 spiro atoms. The Hall–Kier alpha value is -0.730. The van der Waals surface area contributed by atoms with E-state index >= 15 is 0 Å². The maximum atomic E-state index is 5.66. The second-order valence-electron chi connectivity index (χ2n) is 3.22. The second-order valence-corrected chi connectivity index (χ2v) is 4.73. The Morgan fingerprint density at radius 1 is 1.20 bits per heavy atom. The summed E-state index contributed by atoms with van der Waals surface area (Å²) in [6.45, 7) is 0. The summed E-state index contributed by atoms with van der Waals surface area (Å²) < 4.78 is 0. The Morgan fingerprint density at radius 2 is 2.07 bits per heavy atom. The van der Waals surface area contributed by atoms with Gasteiger partial charge in [0.05, 0.1) is 5.52 Å². The zero-order chi connectivity index (χ0) is 10.5. The summed E-state index contributed by atoms with van der Waals surface area (Å²) in [4.78, 5) is 5.63. The lowest BCUT2D eigenvalue weighted by molar-refractivity contribution is 1.11. The van der Waals surface area contributed by atoms with Crippen molar-refractivity contribution in [1.82, 2.24) is 4.98 Å². The van der Waals surface area contributed by atoms with Gasteiger partial charge < -0.3 is 0 Å². The largest absolute Gasteiger partial charge is 0.256 e. The zero-order valence-electron chi connectivity index (χ0n) is 8.32. The predicted octanol–water partition coefficient (Wildman–Crippen LogP) is 3.96. The van der Waals surface area contributed by atoms with Crippen LogP contribution >= 0.6 is 23.4 Å². The van der Waals surface area contributed by atoms with Crippen molar-refractivity contribution in [1.29, 1.82) is 0 Å². The van der Waals surface area contributed by atoms with E-state index in [1.165, 1.54) is 10.3 Å². The molecule has 2 rings (SSSR count). The SMILES string of the molecule is ClCCCSc1ccnc2ccccc12. The van der Waals surface area contributed by atoms with E-state index in [4.69, 9.17) is 11.6 Å². The molecule has 0 aliphatic heterocycles. The van der Waals surface area contributed by atoms with E-state index in [1.807, 2.05) is 30.1 Å². The summed E-state index contributed by atoms with van der Waals surface area (Å²) in [5, 5.41) is 1.24. The van der Waals surface area contributed by atoms with E-state index in [0.29, 0.717) is 0 Å². The smallest absolute Gasteiger partial charge is 0.0713 e. The molecule has 78 valence electrons. The van der Waals surface area contributed by atoms with Gasteiger partial charge in [-0.15, -0.1) is 23.4 Å². The molecular formula is C12H12ClNS. The molecular weight excluding hydrogens is 226 g/mol. The fourth-order valence-electron chi connectivity index (χ4n) is 1.43. The van der Waals surface area contributed by atoms with Gasteiger partial charge in [-0.3, -0.25) is 4.98 Å². The molecule has 1 aromatic carbocycles. The number of hydrogen-bond donors (Lipinski definition) is 0. The minimum Gasteiger partial charge on any atom is -0.256 e. The van der Waals surface area contributed by atoms with Crippen LogP contribution in [0.15, 0.2) is 41.4 Å². The van der Waals surface area contributed by atoms with Crippen LogP contribution in [0.3, 0.4) is 0 Å². The third-order valence-electron chi connectivity index (χ3n) is 2.14. The molecule has 1 nitrogen and oxygen atoms in total. The van der Waals surface area contributed by atoms with Crippen LogP contribution in [0, 0.1) is 0 Å². The number of halogens is 1. The van der Waals surface area contributed by atoms with Crippen molar-refractivity contribution in [2.75, 3.05) is 11.6 Å². The molecule has 0 atom stereocenters. The molecule has 0 aliphatic rings. The Morgan fingerprint density at radius 3 is 2.93 bits per heavy atom. The summed E-state index contributed by atoms with van der Waals surface area (Å²) in [6, 6.07) is 10.3. The Kier molecular flexibility index (Phi) is 3.87. The highest BCUT2D eigenvalue weighted by Gasteiger charge is 2.00. The van der Waals surface area contributed by atoms with E-state index in [-0.39, 0.29) is 0 Å². The Bertz CT molecular complexity index is 439.